The van der Waals surface area contributed by atoms with Gasteiger partial charge in [-0.15, -0.1) is 6.58 Å². The summed E-state index contributed by atoms with van der Waals surface area (Å²) in [5, 5.41) is 3.61. The normalized spacial score (nSPS) is 11.8. The lowest BCUT2D eigenvalue weighted by Gasteiger charge is -2.15. The smallest absolute Gasteiger partial charge is 0.253 e. The standard InChI is InChI=1S/C20H25N3O2/c1-2-3-4-5-6-7-12-18(19(21)24)23-20(25)16-13-15-10-8-9-11-17(15)22-14-16/h2,8-11,13-14,18H,1,3-7,12H2,(H2,21,24)(H,23,25)/t18-/m0/s1. The van der Waals surface area contributed by atoms with E-state index in [1.54, 1.807) is 6.07 Å². The monoisotopic (exact) mass is 339 g/mol. The van der Waals surface area contributed by atoms with Crippen LogP contribution < -0.4 is 11.1 Å². The number of carbonyl (C=O) groups excluding carboxylic acids is 2. The van der Waals surface area contributed by atoms with Crippen LogP contribution >= 0.6 is 0 Å². The summed E-state index contributed by atoms with van der Waals surface area (Å²) in [6.45, 7) is 3.70. The van der Waals surface area contributed by atoms with Gasteiger partial charge in [-0.3, -0.25) is 14.6 Å². The zero-order chi connectivity index (χ0) is 18.1. The number of pyridine rings is 1. The van der Waals surface area contributed by atoms with Gasteiger partial charge in [0.15, 0.2) is 0 Å². The van der Waals surface area contributed by atoms with Gasteiger partial charge in [0.05, 0.1) is 11.1 Å². The van der Waals surface area contributed by atoms with Gasteiger partial charge >= 0.3 is 0 Å². The predicted molar refractivity (Wildman–Crippen MR) is 100 cm³/mol. The highest BCUT2D eigenvalue weighted by atomic mass is 16.2. The first-order chi connectivity index (χ1) is 12.1. The number of nitrogens with zero attached hydrogens (tertiary/aromatic N) is 1. The molecule has 132 valence electrons. The van der Waals surface area contributed by atoms with Crippen molar-refractivity contribution in [3.8, 4) is 0 Å². The maximum Gasteiger partial charge on any atom is 0.253 e. The van der Waals surface area contributed by atoms with Gasteiger partial charge in [0.25, 0.3) is 5.91 Å². The van der Waals surface area contributed by atoms with Crippen LogP contribution in [0.3, 0.4) is 0 Å². The highest BCUT2D eigenvalue weighted by molar-refractivity contribution is 5.99. The van der Waals surface area contributed by atoms with Gasteiger partial charge in [0.1, 0.15) is 6.04 Å². The second kappa shape index (κ2) is 9.57. The van der Waals surface area contributed by atoms with Gasteiger partial charge in [-0.05, 0) is 31.4 Å². The van der Waals surface area contributed by atoms with Crippen LogP contribution in [-0.4, -0.2) is 22.8 Å². The first kappa shape index (κ1) is 18.6. The molecule has 5 nitrogen and oxygen atoms in total. The van der Waals surface area contributed by atoms with E-state index in [0.29, 0.717) is 12.0 Å². The average Bonchev–Trinajstić information content (AvgIpc) is 2.62. The van der Waals surface area contributed by atoms with Crippen molar-refractivity contribution in [2.75, 3.05) is 0 Å². The third-order valence-corrected chi connectivity index (χ3v) is 4.15. The summed E-state index contributed by atoms with van der Waals surface area (Å²) in [6.07, 6.45) is 9.02. The minimum atomic E-state index is -0.654. The van der Waals surface area contributed by atoms with Crippen LogP contribution in [0.15, 0.2) is 49.2 Å². The van der Waals surface area contributed by atoms with Crippen LogP contribution in [0.5, 0.6) is 0 Å². The molecule has 0 saturated heterocycles. The van der Waals surface area contributed by atoms with E-state index in [0.717, 1.165) is 43.0 Å². The predicted octanol–water partition coefficient (Wildman–Crippen LogP) is 3.35. The van der Waals surface area contributed by atoms with Crippen molar-refractivity contribution in [3.63, 3.8) is 0 Å². The highest BCUT2D eigenvalue weighted by Gasteiger charge is 2.18. The lowest BCUT2D eigenvalue weighted by atomic mass is 10.1. The maximum atomic E-state index is 12.4. The maximum absolute atomic E-state index is 12.4. The van der Waals surface area contributed by atoms with Crippen molar-refractivity contribution in [1.29, 1.82) is 0 Å². The van der Waals surface area contributed by atoms with E-state index in [4.69, 9.17) is 5.73 Å². The third kappa shape index (κ3) is 5.71. The van der Waals surface area contributed by atoms with Crippen molar-refractivity contribution in [2.24, 2.45) is 5.73 Å². The van der Waals surface area contributed by atoms with Gasteiger partial charge in [-0.25, -0.2) is 0 Å². The highest BCUT2D eigenvalue weighted by Crippen LogP contribution is 2.13. The molecule has 0 aliphatic heterocycles. The minimum Gasteiger partial charge on any atom is -0.368 e. The summed E-state index contributed by atoms with van der Waals surface area (Å²) in [4.78, 5) is 28.3. The number of allylic oxidation sites excluding steroid dienone is 1. The molecule has 0 radical (unpaired) electrons. The molecule has 2 rings (SSSR count). The van der Waals surface area contributed by atoms with Crippen molar-refractivity contribution in [3.05, 3.63) is 54.7 Å². The molecule has 0 aliphatic carbocycles. The minimum absolute atomic E-state index is 0.325. The van der Waals surface area contributed by atoms with Gasteiger partial charge in [-0.1, -0.05) is 43.5 Å². The van der Waals surface area contributed by atoms with Crippen molar-refractivity contribution >= 4 is 22.7 Å². The van der Waals surface area contributed by atoms with E-state index in [2.05, 4.69) is 16.9 Å². The summed E-state index contributed by atoms with van der Waals surface area (Å²) < 4.78 is 0. The fraction of sp³-hybridized carbons (Fsp3) is 0.350. The Morgan fingerprint density at radius 2 is 1.96 bits per heavy atom. The van der Waals surface area contributed by atoms with Crippen LogP contribution in [0, 0.1) is 0 Å². The number of hydrogen-bond acceptors (Lipinski definition) is 3. The average molecular weight is 339 g/mol. The topological polar surface area (TPSA) is 85.1 Å². The zero-order valence-corrected chi connectivity index (χ0v) is 14.4. The Bertz CT molecular complexity index is 743. The molecule has 0 spiro atoms. The Balaban J connectivity index is 1.92. The number of nitrogens with one attached hydrogen (secondary N) is 1. The molecule has 2 aromatic rings. The number of para-hydroxylation sites is 1. The number of carbonyl (C=O) groups is 2. The lowest BCUT2D eigenvalue weighted by Crippen LogP contribution is -2.44. The quantitative estimate of drug-likeness (QED) is 0.514. The number of hydrogen-bond donors (Lipinski definition) is 2. The second-order valence-corrected chi connectivity index (χ2v) is 6.13. The Labute approximate surface area is 148 Å². The zero-order valence-electron chi connectivity index (χ0n) is 14.4. The van der Waals surface area contributed by atoms with E-state index >= 15 is 0 Å². The molecule has 0 unspecified atom stereocenters. The number of unbranched alkanes of at least 4 members (excludes halogenated alkanes) is 4. The summed E-state index contributed by atoms with van der Waals surface area (Å²) >= 11 is 0. The SMILES string of the molecule is C=CCCCCCC[C@H](NC(=O)c1cnc2ccccc2c1)C(N)=O. The number of aromatic nitrogens is 1. The summed E-state index contributed by atoms with van der Waals surface area (Å²) in [6, 6.07) is 8.69. The van der Waals surface area contributed by atoms with E-state index in [-0.39, 0.29) is 5.91 Å². The Kier molecular flexibility index (Phi) is 7.14. The molecule has 2 amide bonds. The molecular weight excluding hydrogens is 314 g/mol. The Hall–Kier alpha value is -2.69. The number of fused-ring (bicyclic) bond motifs is 1. The molecule has 1 atom stereocenters. The number of benzene rings is 1. The van der Waals surface area contributed by atoms with E-state index in [1.807, 2.05) is 30.3 Å². The molecule has 25 heavy (non-hydrogen) atoms. The fourth-order valence-corrected chi connectivity index (χ4v) is 2.71. The molecule has 0 bridgehead atoms. The van der Waals surface area contributed by atoms with Crippen molar-refractivity contribution in [1.82, 2.24) is 10.3 Å². The molecule has 0 fully saturated rings. The molecule has 1 aromatic carbocycles. The van der Waals surface area contributed by atoms with Gasteiger partial charge in [0, 0.05) is 11.6 Å². The second-order valence-electron chi connectivity index (χ2n) is 6.13. The largest absolute Gasteiger partial charge is 0.368 e. The van der Waals surface area contributed by atoms with Gasteiger partial charge in [0.2, 0.25) is 5.91 Å². The molecule has 1 heterocycles. The summed E-state index contributed by atoms with van der Waals surface area (Å²) in [5.41, 5.74) is 6.68. The lowest BCUT2D eigenvalue weighted by molar-refractivity contribution is -0.120. The molecule has 3 N–H and O–H groups in total. The van der Waals surface area contributed by atoms with Crippen LogP contribution in [0.1, 0.15) is 48.9 Å². The van der Waals surface area contributed by atoms with Crippen LogP contribution in [0.2, 0.25) is 0 Å². The Morgan fingerprint density at radius 3 is 2.72 bits per heavy atom. The Morgan fingerprint density at radius 1 is 1.20 bits per heavy atom. The van der Waals surface area contributed by atoms with E-state index < -0.39 is 11.9 Å². The number of amides is 2. The molecule has 0 aliphatic rings. The number of rotatable bonds is 10. The molecule has 5 heteroatoms. The number of nitrogens with two attached hydrogens (primary N) is 1. The first-order valence-corrected chi connectivity index (χ1v) is 8.67. The van der Waals surface area contributed by atoms with Crippen LogP contribution in [0.4, 0.5) is 0 Å². The van der Waals surface area contributed by atoms with Crippen molar-refractivity contribution in [2.45, 2.75) is 44.6 Å². The van der Waals surface area contributed by atoms with E-state index in [1.165, 1.54) is 6.20 Å². The first-order valence-electron chi connectivity index (χ1n) is 8.67. The summed E-state index contributed by atoms with van der Waals surface area (Å²) in [7, 11) is 0. The molecule has 0 saturated carbocycles. The van der Waals surface area contributed by atoms with Gasteiger partial charge < -0.3 is 11.1 Å². The molecular formula is C20H25N3O2. The molecule has 1 aromatic heterocycles. The van der Waals surface area contributed by atoms with Crippen LogP contribution in [-0.2, 0) is 4.79 Å². The van der Waals surface area contributed by atoms with E-state index in [9.17, 15) is 9.59 Å². The third-order valence-electron chi connectivity index (χ3n) is 4.15. The van der Waals surface area contributed by atoms with Gasteiger partial charge in [-0.2, -0.15) is 0 Å². The number of primary amides is 1. The van der Waals surface area contributed by atoms with Crippen molar-refractivity contribution < 1.29 is 9.59 Å². The summed E-state index contributed by atoms with van der Waals surface area (Å²) in [5.74, 6) is -0.832. The fourth-order valence-electron chi connectivity index (χ4n) is 2.71. The van der Waals surface area contributed by atoms with Crippen LogP contribution in [0.25, 0.3) is 10.9 Å².